The molecule has 1 atom stereocenters. The molecule has 0 bridgehead atoms. The molecular weight excluding hydrogens is 351 g/mol. The highest BCUT2D eigenvalue weighted by molar-refractivity contribution is 9.10. The Labute approximate surface area is 124 Å². The maximum absolute atomic E-state index is 13.7. The van der Waals surface area contributed by atoms with E-state index in [4.69, 9.17) is 5.14 Å². The predicted octanol–water partition coefficient (Wildman–Crippen LogP) is 1.76. The molecule has 0 radical (unpaired) electrons. The van der Waals surface area contributed by atoms with Gasteiger partial charge >= 0.3 is 0 Å². The van der Waals surface area contributed by atoms with Crippen LogP contribution in [0.5, 0.6) is 0 Å². The minimum atomic E-state index is -4.11. The molecule has 1 aliphatic carbocycles. The molecule has 1 aromatic rings. The maximum Gasteiger partial charge on any atom is 0.251 e. The first-order valence-electron chi connectivity index (χ1n) is 5.85. The van der Waals surface area contributed by atoms with Crippen molar-refractivity contribution in [3.8, 4) is 0 Å². The zero-order chi connectivity index (χ0) is 15.3. The van der Waals surface area contributed by atoms with E-state index >= 15 is 0 Å². The standard InChI is InChI=1S/C12H14BrFN2O3S/c1-12(2)5-9(12)16-11(17)6-3-7(14)10(13)8(4-6)20(15,18)19/h3-4,9H,5H2,1-2H3,(H,16,17)(H2,15,18,19). The SMILES string of the molecule is CC1(C)CC1NC(=O)c1cc(F)c(Br)c(S(N)(=O)=O)c1. The van der Waals surface area contributed by atoms with Crippen LogP contribution >= 0.6 is 15.9 Å². The van der Waals surface area contributed by atoms with Crippen LogP contribution in [0.4, 0.5) is 4.39 Å². The number of carbonyl (C=O) groups excluding carboxylic acids is 1. The third kappa shape index (κ3) is 3.02. The van der Waals surface area contributed by atoms with Gasteiger partial charge in [0.05, 0.1) is 9.37 Å². The highest BCUT2D eigenvalue weighted by Crippen LogP contribution is 2.44. The molecule has 1 amide bonds. The van der Waals surface area contributed by atoms with E-state index in [-0.39, 0.29) is 21.5 Å². The van der Waals surface area contributed by atoms with E-state index < -0.39 is 26.6 Å². The van der Waals surface area contributed by atoms with Gasteiger partial charge in [0.1, 0.15) is 5.82 Å². The van der Waals surface area contributed by atoms with Crippen molar-refractivity contribution in [1.82, 2.24) is 5.32 Å². The van der Waals surface area contributed by atoms with Crippen LogP contribution in [0.25, 0.3) is 0 Å². The molecule has 2 rings (SSSR count). The van der Waals surface area contributed by atoms with Gasteiger partial charge in [-0.3, -0.25) is 4.79 Å². The molecule has 1 saturated carbocycles. The third-order valence-electron chi connectivity index (χ3n) is 3.38. The topological polar surface area (TPSA) is 89.3 Å². The summed E-state index contributed by atoms with van der Waals surface area (Å²) < 4.78 is 36.1. The van der Waals surface area contributed by atoms with Crippen molar-refractivity contribution in [2.75, 3.05) is 0 Å². The quantitative estimate of drug-likeness (QED) is 0.856. The van der Waals surface area contributed by atoms with E-state index in [0.29, 0.717) is 0 Å². The Morgan fingerprint density at radius 1 is 1.50 bits per heavy atom. The number of benzene rings is 1. The number of rotatable bonds is 3. The second-order valence-corrected chi connectivity index (χ2v) is 7.86. The van der Waals surface area contributed by atoms with Crippen molar-refractivity contribution in [3.63, 3.8) is 0 Å². The van der Waals surface area contributed by atoms with Gasteiger partial charge in [0.15, 0.2) is 0 Å². The predicted molar refractivity (Wildman–Crippen MR) is 75.1 cm³/mol. The maximum atomic E-state index is 13.7. The molecule has 8 heteroatoms. The van der Waals surface area contributed by atoms with Gasteiger partial charge < -0.3 is 5.32 Å². The Hall–Kier alpha value is -0.990. The molecule has 3 N–H and O–H groups in total. The van der Waals surface area contributed by atoms with Crippen LogP contribution in [0.1, 0.15) is 30.6 Å². The summed E-state index contributed by atoms with van der Waals surface area (Å²) in [7, 11) is -4.11. The lowest BCUT2D eigenvalue weighted by molar-refractivity contribution is 0.0945. The molecule has 0 saturated heterocycles. The second kappa shape index (κ2) is 4.78. The molecule has 1 fully saturated rings. The third-order valence-corrected chi connectivity index (χ3v) is 5.39. The minimum absolute atomic E-state index is 0.0136. The smallest absolute Gasteiger partial charge is 0.251 e. The zero-order valence-electron chi connectivity index (χ0n) is 10.9. The van der Waals surface area contributed by atoms with Crippen molar-refractivity contribution in [2.45, 2.75) is 31.2 Å². The summed E-state index contributed by atoms with van der Waals surface area (Å²) in [6.45, 7) is 3.99. The van der Waals surface area contributed by atoms with E-state index in [2.05, 4.69) is 21.2 Å². The van der Waals surface area contributed by atoms with Gasteiger partial charge in [-0.15, -0.1) is 0 Å². The molecular formula is C12H14BrFN2O3S. The zero-order valence-corrected chi connectivity index (χ0v) is 13.3. The van der Waals surface area contributed by atoms with E-state index in [9.17, 15) is 17.6 Å². The van der Waals surface area contributed by atoms with Crippen molar-refractivity contribution >= 4 is 31.9 Å². The summed E-state index contributed by atoms with van der Waals surface area (Å²) in [5.41, 5.74) is -0.0516. The van der Waals surface area contributed by atoms with E-state index in [1.165, 1.54) is 0 Å². The van der Waals surface area contributed by atoms with Crippen LogP contribution in [0.3, 0.4) is 0 Å². The fourth-order valence-electron chi connectivity index (χ4n) is 1.86. The van der Waals surface area contributed by atoms with Gasteiger partial charge in [-0.25, -0.2) is 17.9 Å². The van der Waals surface area contributed by atoms with Crippen molar-refractivity contribution in [3.05, 3.63) is 28.0 Å². The number of amides is 1. The van der Waals surface area contributed by atoms with Crippen LogP contribution < -0.4 is 10.5 Å². The van der Waals surface area contributed by atoms with Crippen LogP contribution in [-0.4, -0.2) is 20.4 Å². The Balaban J connectivity index is 2.34. The number of sulfonamides is 1. The Morgan fingerprint density at radius 3 is 2.50 bits per heavy atom. The lowest BCUT2D eigenvalue weighted by Gasteiger charge is -2.09. The first-order valence-corrected chi connectivity index (χ1v) is 8.19. The number of nitrogens with two attached hydrogens (primary N) is 1. The summed E-state index contributed by atoms with van der Waals surface area (Å²) in [4.78, 5) is 11.6. The molecule has 1 aromatic carbocycles. The summed E-state index contributed by atoms with van der Waals surface area (Å²) in [5, 5.41) is 7.73. The van der Waals surface area contributed by atoms with Crippen molar-refractivity contribution in [1.29, 1.82) is 0 Å². The van der Waals surface area contributed by atoms with Crippen LogP contribution in [0.2, 0.25) is 0 Å². The van der Waals surface area contributed by atoms with E-state index in [1.54, 1.807) is 0 Å². The lowest BCUT2D eigenvalue weighted by Crippen LogP contribution is -2.28. The molecule has 0 heterocycles. The Bertz CT molecular complexity index is 688. The molecule has 5 nitrogen and oxygen atoms in total. The summed E-state index contributed by atoms with van der Waals surface area (Å²) >= 11 is 2.81. The van der Waals surface area contributed by atoms with E-state index in [0.717, 1.165) is 18.6 Å². The summed E-state index contributed by atoms with van der Waals surface area (Å²) in [5.74, 6) is -1.37. The van der Waals surface area contributed by atoms with Crippen molar-refractivity contribution in [2.24, 2.45) is 10.6 Å². The normalized spacial score (nSPS) is 20.6. The fourth-order valence-corrected chi connectivity index (χ4v) is 3.40. The monoisotopic (exact) mass is 364 g/mol. The molecule has 110 valence electrons. The molecule has 0 spiro atoms. The van der Waals surface area contributed by atoms with Gasteiger partial charge in [-0.2, -0.15) is 0 Å². The number of primary sulfonamides is 1. The number of hydrogen-bond donors (Lipinski definition) is 2. The fraction of sp³-hybridized carbons (Fsp3) is 0.417. The molecule has 0 aliphatic heterocycles. The van der Waals surface area contributed by atoms with Gasteiger partial charge in [0, 0.05) is 11.6 Å². The average molecular weight is 365 g/mol. The molecule has 0 aromatic heterocycles. The highest BCUT2D eigenvalue weighted by atomic mass is 79.9. The number of carbonyl (C=O) groups is 1. The van der Waals surface area contributed by atoms with Crippen LogP contribution in [0, 0.1) is 11.2 Å². The minimum Gasteiger partial charge on any atom is -0.349 e. The van der Waals surface area contributed by atoms with Crippen LogP contribution in [-0.2, 0) is 10.0 Å². The largest absolute Gasteiger partial charge is 0.349 e. The van der Waals surface area contributed by atoms with Gasteiger partial charge in [0.25, 0.3) is 5.91 Å². The van der Waals surface area contributed by atoms with Crippen LogP contribution in [0.15, 0.2) is 21.5 Å². The molecule has 1 aliphatic rings. The second-order valence-electron chi connectivity index (χ2n) is 5.53. The summed E-state index contributed by atoms with van der Waals surface area (Å²) in [6, 6.07) is 2.05. The molecule has 20 heavy (non-hydrogen) atoms. The Kier molecular flexibility index (Phi) is 3.68. The van der Waals surface area contributed by atoms with Gasteiger partial charge in [-0.05, 0) is 39.9 Å². The van der Waals surface area contributed by atoms with Crippen molar-refractivity contribution < 1.29 is 17.6 Å². The average Bonchev–Trinajstić information content (AvgIpc) is 2.87. The lowest BCUT2D eigenvalue weighted by atomic mass is 10.1. The number of nitrogens with one attached hydrogen (secondary N) is 1. The highest BCUT2D eigenvalue weighted by Gasteiger charge is 2.46. The Morgan fingerprint density at radius 2 is 2.05 bits per heavy atom. The van der Waals surface area contributed by atoms with Gasteiger partial charge in [-0.1, -0.05) is 13.8 Å². The first kappa shape index (κ1) is 15.4. The molecule has 1 unspecified atom stereocenters. The number of halogens is 2. The summed E-state index contributed by atoms with van der Waals surface area (Å²) in [6.07, 6.45) is 0.833. The van der Waals surface area contributed by atoms with Gasteiger partial charge in [0.2, 0.25) is 10.0 Å². The number of hydrogen-bond acceptors (Lipinski definition) is 3. The van der Waals surface area contributed by atoms with E-state index in [1.807, 2.05) is 13.8 Å². The first-order chi connectivity index (χ1) is 9.02.